The summed E-state index contributed by atoms with van der Waals surface area (Å²) in [6.07, 6.45) is 1.12. The maximum absolute atomic E-state index is 5.91. The molecule has 0 bridgehead atoms. The molecule has 0 N–H and O–H groups in total. The fraction of sp³-hybridized carbons (Fsp3) is 1.00. The van der Waals surface area contributed by atoms with Crippen LogP contribution < -0.4 is 0 Å². The van der Waals surface area contributed by atoms with Gasteiger partial charge in [-0.2, -0.15) is 11.1 Å². The van der Waals surface area contributed by atoms with Crippen LogP contribution in [0.25, 0.3) is 0 Å². The zero-order chi connectivity index (χ0) is 8.20. The second kappa shape index (κ2) is 5.04. The van der Waals surface area contributed by atoms with Gasteiger partial charge in [-0.25, -0.2) is 0 Å². The topological polar surface area (TPSA) is 0 Å². The Kier molecular flexibility index (Phi) is 5.70. The van der Waals surface area contributed by atoms with Crippen LogP contribution in [0.1, 0.15) is 13.3 Å². The maximum Gasteiger partial charge on any atom is 0.248 e. The van der Waals surface area contributed by atoms with E-state index in [0.29, 0.717) is 5.54 Å². The first kappa shape index (κ1) is 11.3. The normalized spacial score (nSPS) is 16.5. The van der Waals surface area contributed by atoms with Gasteiger partial charge in [0.2, 0.25) is 6.69 Å². The molecule has 1 atom stereocenters. The molecule has 0 radical (unpaired) electrons. The molecule has 0 aliphatic carbocycles. The number of hydrogen-bond donors (Lipinski definition) is 0. The molecular weight excluding hydrogens is 223 g/mol. The molecule has 0 heterocycles. The van der Waals surface area contributed by atoms with Crippen molar-refractivity contribution in [2.75, 3.05) is 0 Å². The Balaban J connectivity index is 3.36. The Morgan fingerprint density at radius 3 is 2.30 bits per heavy atom. The van der Waals surface area contributed by atoms with E-state index < -0.39 is 6.69 Å². The Morgan fingerprint density at radius 2 is 2.00 bits per heavy atom. The van der Waals surface area contributed by atoms with Gasteiger partial charge in [0.05, 0.1) is 0 Å². The predicted octanol–water partition coefficient (Wildman–Crippen LogP) is 3.06. The second-order valence-corrected chi connectivity index (χ2v) is 13.7. The molecule has 0 aromatic rings. The Morgan fingerprint density at radius 1 is 1.50 bits per heavy atom. The molecule has 0 saturated heterocycles. The van der Waals surface area contributed by atoms with Crippen molar-refractivity contribution in [3.8, 4) is 0 Å². The summed E-state index contributed by atoms with van der Waals surface area (Å²) < 4.78 is 0. The van der Waals surface area contributed by atoms with E-state index in [0.717, 1.165) is 12.5 Å². The molecule has 5 heteroatoms. The van der Waals surface area contributed by atoms with E-state index in [9.17, 15) is 0 Å². The van der Waals surface area contributed by atoms with Gasteiger partial charge in [0.15, 0.2) is 0 Å². The summed E-state index contributed by atoms with van der Waals surface area (Å²) in [6, 6.07) is 0.983. The summed E-state index contributed by atoms with van der Waals surface area (Å²) in [4.78, 5) is 0. The summed E-state index contributed by atoms with van der Waals surface area (Å²) in [6.45, 7) is 2.30. The molecule has 0 fully saturated rings. The van der Waals surface area contributed by atoms with Crippen molar-refractivity contribution in [3.63, 3.8) is 0 Å². The standard InChI is InChI=1S/C5H13Cl3Si2/c1-5(9-6)3-4-10(2,7)8/h5H,3-4,9H2,1-2H3. The lowest BCUT2D eigenvalue weighted by Crippen LogP contribution is -2.13. The molecule has 0 aromatic heterocycles. The maximum atomic E-state index is 5.91. The lowest BCUT2D eigenvalue weighted by atomic mass is 10.4. The highest BCUT2D eigenvalue weighted by Crippen LogP contribution is 2.25. The van der Waals surface area contributed by atoms with Crippen LogP contribution in [-0.2, 0) is 0 Å². The Labute approximate surface area is 80.2 Å². The lowest BCUT2D eigenvalue weighted by molar-refractivity contribution is 0.868. The van der Waals surface area contributed by atoms with Crippen LogP contribution >= 0.6 is 33.2 Å². The molecule has 0 rings (SSSR count). The van der Waals surface area contributed by atoms with Crippen molar-refractivity contribution in [1.29, 1.82) is 0 Å². The molecule has 0 aromatic carbocycles. The third-order valence-electron chi connectivity index (χ3n) is 1.34. The fourth-order valence-corrected chi connectivity index (χ4v) is 3.46. The van der Waals surface area contributed by atoms with Crippen molar-refractivity contribution >= 4 is 48.8 Å². The SMILES string of the molecule is CC(CC[Si](C)(Cl)Cl)[SiH2]Cl. The highest BCUT2D eigenvalue weighted by Gasteiger charge is 2.21. The van der Waals surface area contributed by atoms with E-state index in [1.54, 1.807) is 0 Å². The summed E-state index contributed by atoms with van der Waals surface area (Å²) in [5.41, 5.74) is 0.686. The minimum atomic E-state index is -1.83. The molecule has 0 aliphatic heterocycles. The third kappa shape index (κ3) is 7.41. The van der Waals surface area contributed by atoms with Gasteiger partial charge in [-0.05, 0) is 18.1 Å². The minimum Gasteiger partial charge on any atom is -0.176 e. The van der Waals surface area contributed by atoms with Gasteiger partial charge in [0.25, 0.3) is 0 Å². The first-order valence-corrected chi connectivity index (χ1v) is 11.1. The molecule has 0 spiro atoms. The van der Waals surface area contributed by atoms with Gasteiger partial charge in [0.1, 0.15) is 8.83 Å². The van der Waals surface area contributed by atoms with Gasteiger partial charge in [-0.3, -0.25) is 0 Å². The molecular formula is C5H13Cl3Si2. The number of rotatable bonds is 4. The van der Waals surface area contributed by atoms with Gasteiger partial charge in [-0.15, -0.1) is 22.2 Å². The fourth-order valence-electron chi connectivity index (χ4n) is 0.577. The van der Waals surface area contributed by atoms with Crippen molar-refractivity contribution in [1.82, 2.24) is 0 Å². The first-order chi connectivity index (χ1) is 4.45. The van der Waals surface area contributed by atoms with E-state index >= 15 is 0 Å². The summed E-state index contributed by atoms with van der Waals surface area (Å²) in [5.74, 6) is 0. The van der Waals surface area contributed by atoms with E-state index in [1.807, 2.05) is 6.55 Å². The van der Waals surface area contributed by atoms with Gasteiger partial charge >= 0.3 is 0 Å². The minimum absolute atomic E-state index is 0.353. The van der Waals surface area contributed by atoms with Crippen LogP contribution in [0.3, 0.4) is 0 Å². The van der Waals surface area contributed by atoms with E-state index in [-0.39, 0.29) is 8.83 Å². The molecule has 0 amide bonds. The van der Waals surface area contributed by atoms with Gasteiger partial charge in [-0.1, -0.05) is 13.3 Å². The molecule has 0 saturated carbocycles. The van der Waals surface area contributed by atoms with Crippen molar-refractivity contribution < 1.29 is 0 Å². The van der Waals surface area contributed by atoms with Crippen LogP contribution in [0.4, 0.5) is 0 Å². The predicted molar refractivity (Wildman–Crippen MR) is 56.6 cm³/mol. The zero-order valence-corrected chi connectivity index (χ0v) is 11.0. The Hall–Kier alpha value is 1.30. The average Bonchev–Trinajstić information content (AvgIpc) is 1.81. The molecule has 0 nitrogen and oxygen atoms in total. The van der Waals surface area contributed by atoms with Crippen LogP contribution in [0, 0.1) is 0 Å². The van der Waals surface area contributed by atoms with Crippen molar-refractivity contribution in [2.45, 2.75) is 31.5 Å². The summed E-state index contributed by atoms with van der Waals surface area (Å²) in [7, 11) is -0.353. The largest absolute Gasteiger partial charge is 0.248 e. The quantitative estimate of drug-likeness (QED) is 0.519. The highest BCUT2D eigenvalue weighted by atomic mass is 35.7. The van der Waals surface area contributed by atoms with Crippen molar-refractivity contribution in [3.05, 3.63) is 0 Å². The van der Waals surface area contributed by atoms with Crippen LogP contribution in [0.15, 0.2) is 0 Å². The molecule has 0 aliphatic rings. The zero-order valence-electron chi connectivity index (χ0n) is 6.33. The van der Waals surface area contributed by atoms with Crippen LogP contribution in [0.5, 0.6) is 0 Å². The number of hydrogen-bond acceptors (Lipinski definition) is 0. The van der Waals surface area contributed by atoms with E-state index in [4.69, 9.17) is 33.2 Å². The van der Waals surface area contributed by atoms with Gasteiger partial charge in [0, 0.05) is 0 Å². The van der Waals surface area contributed by atoms with Crippen molar-refractivity contribution in [2.24, 2.45) is 0 Å². The third-order valence-corrected chi connectivity index (χ3v) is 6.16. The van der Waals surface area contributed by atoms with Crippen LogP contribution in [0.2, 0.25) is 18.1 Å². The first-order valence-electron chi connectivity index (χ1n) is 3.39. The van der Waals surface area contributed by atoms with E-state index in [1.165, 1.54) is 0 Å². The summed E-state index contributed by atoms with van der Waals surface area (Å²) >= 11 is 17.6. The average molecular weight is 236 g/mol. The molecule has 10 heavy (non-hydrogen) atoms. The molecule has 1 unspecified atom stereocenters. The smallest absolute Gasteiger partial charge is 0.176 e. The second-order valence-electron chi connectivity index (χ2n) is 2.87. The number of halogens is 3. The van der Waals surface area contributed by atoms with Gasteiger partial charge < -0.3 is 0 Å². The highest BCUT2D eigenvalue weighted by molar-refractivity contribution is 7.44. The van der Waals surface area contributed by atoms with E-state index in [2.05, 4.69) is 6.92 Å². The summed E-state index contributed by atoms with van der Waals surface area (Å²) in [5, 5.41) is 0. The van der Waals surface area contributed by atoms with Crippen LogP contribution in [-0.4, -0.2) is 15.5 Å². The Bertz CT molecular complexity index is 91.4. The molecule has 62 valence electrons. The monoisotopic (exact) mass is 234 g/mol. The lowest BCUT2D eigenvalue weighted by Gasteiger charge is -2.11.